The van der Waals surface area contributed by atoms with Gasteiger partial charge in [0.2, 0.25) is 0 Å². The Morgan fingerprint density at radius 2 is 2.38 bits per heavy atom. The van der Waals surface area contributed by atoms with Gasteiger partial charge in [0.1, 0.15) is 5.78 Å². The third-order valence-electron chi connectivity index (χ3n) is 3.28. The average molecular weight is 218 g/mol. The normalized spacial score (nSPS) is 23.2. The lowest BCUT2D eigenvalue weighted by molar-refractivity contribution is -0.123. The van der Waals surface area contributed by atoms with Crippen LogP contribution in [-0.2, 0) is 11.3 Å². The predicted octanol–water partition coefficient (Wildman–Crippen LogP) is 2.63. The fourth-order valence-electron chi connectivity index (χ4n) is 2.30. The first-order valence-corrected chi connectivity index (χ1v) is 6.01. The maximum Gasteiger partial charge on any atom is 0.135 e. The minimum absolute atomic E-state index is 0.357. The van der Waals surface area contributed by atoms with E-state index in [9.17, 15) is 4.79 Å². The van der Waals surface area contributed by atoms with Gasteiger partial charge in [0.05, 0.1) is 1.37 Å². The molecule has 1 fully saturated rings. The maximum atomic E-state index is 11.4. The molecule has 1 aliphatic rings. The van der Waals surface area contributed by atoms with E-state index in [4.69, 9.17) is 1.37 Å². The van der Waals surface area contributed by atoms with Crippen molar-refractivity contribution in [3.05, 3.63) is 35.9 Å². The lowest BCUT2D eigenvalue weighted by atomic mass is 9.98. The second kappa shape index (κ2) is 5.26. The van der Waals surface area contributed by atoms with Crippen LogP contribution in [0.5, 0.6) is 0 Å². The van der Waals surface area contributed by atoms with Crippen molar-refractivity contribution in [2.45, 2.75) is 38.8 Å². The Hall–Kier alpha value is -1.15. The summed E-state index contributed by atoms with van der Waals surface area (Å²) in [6.07, 6.45) is 2.35. The number of likely N-dealkylation sites (tertiary alicyclic amines) is 1. The zero-order valence-corrected chi connectivity index (χ0v) is 9.78. The molecule has 1 aromatic rings. The topological polar surface area (TPSA) is 20.3 Å². The highest BCUT2D eigenvalue weighted by Crippen LogP contribution is 2.19. The second-order valence-electron chi connectivity index (χ2n) is 4.41. The van der Waals surface area contributed by atoms with Crippen molar-refractivity contribution in [2.75, 3.05) is 6.54 Å². The lowest BCUT2D eigenvalue weighted by Gasteiger charge is -2.34. The van der Waals surface area contributed by atoms with Crippen molar-refractivity contribution >= 4 is 5.78 Å². The van der Waals surface area contributed by atoms with Gasteiger partial charge in [-0.1, -0.05) is 37.2 Å². The molecule has 1 heterocycles. The van der Waals surface area contributed by atoms with Crippen molar-refractivity contribution in [2.24, 2.45) is 0 Å². The van der Waals surface area contributed by atoms with Gasteiger partial charge in [-0.2, -0.15) is 0 Å². The number of hydrogen-bond donors (Lipinski definition) is 0. The molecule has 0 aliphatic carbocycles. The molecule has 0 saturated carbocycles. The molecule has 1 unspecified atom stereocenters. The highest BCUT2D eigenvalue weighted by atomic mass is 16.1. The molecule has 16 heavy (non-hydrogen) atoms. The van der Waals surface area contributed by atoms with Gasteiger partial charge in [-0.15, -0.1) is 0 Å². The highest BCUT2D eigenvalue weighted by molar-refractivity contribution is 5.79. The Morgan fingerprint density at radius 1 is 1.50 bits per heavy atom. The van der Waals surface area contributed by atoms with Crippen LogP contribution in [0.2, 0.25) is 0 Å². The van der Waals surface area contributed by atoms with E-state index in [2.05, 4.69) is 11.8 Å². The third-order valence-corrected chi connectivity index (χ3v) is 3.28. The molecule has 1 saturated heterocycles. The van der Waals surface area contributed by atoms with Gasteiger partial charge in [0.25, 0.3) is 0 Å². The van der Waals surface area contributed by atoms with Crippen LogP contribution in [0.4, 0.5) is 0 Å². The zero-order chi connectivity index (χ0) is 12.3. The molecule has 1 aromatic carbocycles. The SMILES string of the molecule is [2H]c1ccccc1CN1CCC(=O)CC1CC. The van der Waals surface area contributed by atoms with E-state index in [1.807, 2.05) is 24.3 Å². The Bertz CT molecular complexity index is 405. The van der Waals surface area contributed by atoms with Gasteiger partial charge in [-0.25, -0.2) is 0 Å². The molecule has 2 heteroatoms. The first kappa shape index (κ1) is 10.0. The van der Waals surface area contributed by atoms with Crippen LogP contribution in [0.1, 0.15) is 33.1 Å². The minimum Gasteiger partial charge on any atom is -0.300 e. The summed E-state index contributed by atoms with van der Waals surface area (Å²) in [7, 11) is 0. The molecule has 0 spiro atoms. The van der Waals surface area contributed by atoms with Crippen LogP contribution in [0.15, 0.2) is 30.3 Å². The van der Waals surface area contributed by atoms with E-state index < -0.39 is 0 Å². The van der Waals surface area contributed by atoms with Gasteiger partial charge < -0.3 is 0 Å². The fourth-order valence-corrected chi connectivity index (χ4v) is 2.30. The van der Waals surface area contributed by atoms with Crippen molar-refractivity contribution in [3.63, 3.8) is 0 Å². The number of benzene rings is 1. The molecule has 2 rings (SSSR count). The molecule has 1 aliphatic heterocycles. The van der Waals surface area contributed by atoms with E-state index in [-0.39, 0.29) is 0 Å². The number of Topliss-reactive ketones (excluding diaryl/α,β-unsaturated/α-hetero) is 1. The molecule has 1 atom stereocenters. The van der Waals surface area contributed by atoms with E-state index >= 15 is 0 Å². The van der Waals surface area contributed by atoms with Gasteiger partial charge in [0, 0.05) is 32.0 Å². The fraction of sp³-hybridized carbons (Fsp3) is 0.500. The molecule has 0 bridgehead atoms. The van der Waals surface area contributed by atoms with Crippen molar-refractivity contribution in [3.8, 4) is 0 Å². The second-order valence-corrected chi connectivity index (χ2v) is 4.41. The summed E-state index contributed by atoms with van der Waals surface area (Å²) in [5.41, 5.74) is 1.06. The summed E-state index contributed by atoms with van der Waals surface area (Å²) >= 11 is 0. The summed E-state index contributed by atoms with van der Waals surface area (Å²) in [5.74, 6) is 0.382. The van der Waals surface area contributed by atoms with Gasteiger partial charge in [-0.05, 0) is 12.0 Å². The number of rotatable bonds is 3. The zero-order valence-electron chi connectivity index (χ0n) is 10.8. The molecule has 0 N–H and O–H groups in total. The molecular formula is C14H19NO. The summed E-state index contributed by atoms with van der Waals surface area (Å²) < 4.78 is 7.86. The number of ketones is 1. The first-order chi connectivity index (χ1) is 8.20. The first-order valence-electron chi connectivity index (χ1n) is 6.51. The van der Waals surface area contributed by atoms with E-state index in [1.54, 1.807) is 0 Å². The quantitative estimate of drug-likeness (QED) is 0.777. The number of hydrogen-bond acceptors (Lipinski definition) is 2. The van der Waals surface area contributed by atoms with Crippen LogP contribution in [0.3, 0.4) is 0 Å². The average Bonchev–Trinajstić information content (AvgIpc) is 2.34. The maximum absolute atomic E-state index is 11.4. The van der Waals surface area contributed by atoms with E-state index in [0.717, 1.165) is 25.1 Å². The summed E-state index contributed by atoms with van der Waals surface area (Å²) in [5, 5.41) is 0. The minimum atomic E-state index is 0.357. The number of carbonyl (C=O) groups excluding carboxylic acids is 1. The van der Waals surface area contributed by atoms with Crippen LogP contribution in [0.25, 0.3) is 0 Å². The molecule has 2 nitrogen and oxygen atoms in total. The summed E-state index contributed by atoms with van der Waals surface area (Å²) in [4.78, 5) is 13.8. The third kappa shape index (κ3) is 2.70. The largest absolute Gasteiger partial charge is 0.300 e. The van der Waals surface area contributed by atoms with Gasteiger partial charge in [0.15, 0.2) is 0 Å². The monoisotopic (exact) mass is 218 g/mol. The Kier molecular flexibility index (Phi) is 3.30. The van der Waals surface area contributed by atoms with Crippen molar-refractivity contribution in [1.29, 1.82) is 0 Å². The lowest BCUT2D eigenvalue weighted by Crippen LogP contribution is -2.41. The Labute approximate surface area is 98.7 Å². The molecule has 0 aromatic heterocycles. The van der Waals surface area contributed by atoms with Crippen molar-refractivity contribution < 1.29 is 6.17 Å². The van der Waals surface area contributed by atoms with Gasteiger partial charge in [-0.3, -0.25) is 9.69 Å². The molecule has 0 radical (unpaired) electrons. The molecular weight excluding hydrogens is 198 g/mol. The predicted molar refractivity (Wildman–Crippen MR) is 65.2 cm³/mol. The van der Waals surface area contributed by atoms with Crippen LogP contribution < -0.4 is 0 Å². The number of carbonyl (C=O) groups is 1. The Morgan fingerprint density at radius 3 is 3.12 bits per heavy atom. The Balaban J connectivity index is 2.07. The molecule has 86 valence electrons. The number of piperidine rings is 1. The van der Waals surface area contributed by atoms with Crippen LogP contribution in [-0.4, -0.2) is 23.3 Å². The summed E-state index contributed by atoms with van der Waals surface area (Å²) in [6.45, 7) is 3.76. The van der Waals surface area contributed by atoms with Gasteiger partial charge >= 0.3 is 0 Å². The highest BCUT2D eigenvalue weighted by Gasteiger charge is 2.25. The standard InChI is InChI=1S/C14H19NO/c1-2-13-10-14(16)8-9-15(13)11-12-6-4-3-5-7-12/h3-7,13H,2,8-11H2,1H3/i6D. The smallest absolute Gasteiger partial charge is 0.135 e. The van der Waals surface area contributed by atoms with E-state index in [1.165, 1.54) is 0 Å². The summed E-state index contributed by atoms with van der Waals surface area (Å²) in [6, 6.07) is 8.65. The van der Waals surface area contributed by atoms with Crippen LogP contribution >= 0.6 is 0 Å². The molecule has 0 amide bonds. The van der Waals surface area contributed by atoms with Crippen LogP contribution in [0, 0.1) is 0 Å². The number of nitrogens with zero attached hydrogens (tertiary/aromatic N) is 1. The van der Waals surface area contributed by atoms with E-state index in [0.29, 0.717) is 30.7 Å². The van der Waals surface area contributed by atoms with Crippen molar-refractivity contribution in [1.82, 2.24) is 4.90 Å².